The standard InChI is InChI=1S/C35H43N3O5/c1-9-20-38(33(41)28(36-34(42)43-35(6,7)8)21-26-16-18-27(39)19-17-26)31(29-22(2)12-10-13-23(29)3)32(40)37-30-24(4)14-11-15-25(30)5/h9-19,28,31,39H,1,20-21H2,2-8H3,(H,36,42)(H,37,40). The molecule has 3 aromatic carbocycles. The number of para-hydroxylation sites is 1. The zero-order valence-electron chi connectivity index (χ0n) is 26.2. The molecule has 0 radical (unpaired) electrons. The number of carbonyl (C=O) groups excluding carboxylic acids is 3. The topological polar surface area (TPSA) is 108 Å². The predicted octanol–water partition coefficient (Wildman–Crippen LogP) is 6.46. The summed E-state index contributed by atoms with van der Waals surface area (Å²) in [4.78, 5) is 43.2. The average Bonchev–Trinajstić information content (AvgIpc) is 2.91. The number of benzene rings is 3. The van der Waals surface area contributed by atoms with Crippen LogP contribution in [-0.4, -0.2) is 46.1 Å². The zero-order valence-corrected chi connectivity index (χ0v) is 26.2. The molecule has 3 N–H and O–H groups in total. The third-order valence-electron chi connectivity index (χ3n) is 7.08. The first kappa shape index (κ1) is 32.9. The Morgan fingerprint density at radius 3 is 1.95 bits per heavy atom. The quantitative estimate of drug-likeness (QED) is 0.237. The van der Waals surface area contributed by atoms with Crippen LogP contribution in [0.4, 0.5) is 10.5 Å². The Labute approximate surface area is 254 Å². The van der Waals surface area contributed by atoms with E-state index in [-0.39, 0.29) is 24.6 Å². The molecule has 0 saturated carbocycles. The van der Waals surface area contributed by atoms with E-state index in [0.717, 1.165) is 22.3 Å². The minimum atomic E-state index is -1.08. The Balaban J connectivity index is 2.13. The molecule has 3 rings (SSSR count). The van der Waals surface area contributed by atoms with Crippen molar-refractivity contribution in [3.05, 3.63) is 107 Å². The highest BCUT2D eigenvalue weighted by atomic mass is 16.6. The molecule has 3 amide bonds. The summed E-state index contributed by atoms with van der Waals surface area (Å²) in [5.41, 5.74) is 4.78. The molecule has 43 heavy (non-hydrogen) atoms. The lowest BCUT2D eigenvalue weighted by atomic mass is 9.93. The average molecular weight is 586 g/mol. The molecular formula is C35H43N3O5. The summed E-state index contributed by atoms with van der Waals surface area (Å²) in [6, 6.07) is 15.8. The van der Waals surface area contributed by atoms with Crippen LogP contribution in [0, 0.1) is 27.7 Å². The third kappa shape index (κ3) is 8.70. The molecule has 0 aliphatic carbocycles. The Kier molecular flexibility index (Phi) is 10.8. The van der Waals surface area contributed by atoms with Crippen molar-refractivity contribution in [1.29, 1.82) is 0 Å². The highest BCUT2D eigenvalue weighted by Gasteiger charge is 2.37. The lowest BCUT2D eigenvalue weighted by Crippen LogP contribution is -2.53. The molecule has 8 heteroatoms. The molecule has 0 aromatic heterocycles. The van der Waals surface area contributed by atoms with Gasteiger partial charge in [-0.15, -0.1) is 6.58 Å². The minimum Gasteiger partial charge on any atom is -0.508 e. The van der Waals surface area contributed by atoms with Gasteiger partial charge in [0.2, 0.25) is 5.91 Å². The molecule has 0 spiro atoms. The Morgan fingerprint density at radius 1 is 0.907 bits per heavy atom. The lowest BCUT2D eigenvalue weighted by Gasteiger charge is -2.35. The normalized spacial score (nSPS) is 12.5. The molecule has 2 atom stereocenters. The molecule has 2 unspecified atom stereocenters. The van der Waals surface area contributed by atoms with Crippen LogP contribution in [0.5, 0.6) is 5.75 Å². The van der Waals surface area contributed by atoms with E-state index in [9.17, 15) is 19.5 Å². The highest BCUT2D eigenvalue weighted by molar-refractivity contribution is 6.00. The van der Waals surface area contributed by atoms with E-state index in [1.54, 1.807) is 39.0 Å². The van der Waals surface area contributed by atoms with Crippen molar-refractivity contribution in [3.8, 4) is 5.75 Å². The van der Waals surface area contributed by atoms with E-state index < -0.39 is 29.7 Å². The van der Waals surface area contributed by atoms with Gasteiger partial charge in [0.25, 0.3) is 5.91 Å². The Morgan fingerprint density at radius 2 is 1.44 bits per heavy atom. The van der Waals surface area contributed by atoms with Crippen LogP contribution < -0.4 is 10.6 Å². The van der Waals surface area contributed by atoms with Crippen LogP contribution in [0.25, 0.3) is 0 Å². The predicted molar refractivity (Wildman–Crippen MR) is 170 cm³/mol. The van der Waals surface area contributed by atoms with E-state index in [1.165, 1.54) is 17.0 Å². The number of anilines is 1. The van der Waals surface area contributed by atoms with E-state index in [0.29, 0.717) is 16.8 Å². The Bertz CT molecular complexity index is 1430. The second-order valence-corrected chi connectivity index (χ2v) is 11.8. The fraction of sp³-hybridized carbons (Fsp3) is 0.343. The van der Waals surface area contributed by atoms with Gasteiger partial charge in [-0.2, -0.15) is 0 Å². The fourth-order valence-corrected chi connectivity index (χ4v) is 5.07. The van der Waals surface area contributed by atoms with E-state index in [4.69, 9.17) is 4.74 Å². The maximum absolute atomic E-state index is 14.5. The minimum absolute atomic E-state index is 0.0412. The van der Waals surface area contributed by atoms with Crippen molar-refractivity contribution in [1.82, 2.24) is 10.2 Å². The number of aryl methyl sites for hydroxylation is 4. The van der Waals surface area contributed by atoms with Gasteiger partial charge in [0.15, 0.2) is 0 Å². The number of amides is 3. The SMILES string of the molecule is C=CCN(C(=O)C(Cc1ccc(O)cc1)NC(=O)OC(C)(C)C)C(C(=O)Nc1c(C)cccc1C)c1c(C)cccc1C. The van der Waals surface area contributed by atoms with Crippen molar-refractivity contribution in [3.63, 3.8) is 0 Å². The highest BCUT2D eigenvalue weighted by Crippen LogP contribution is 2.31. The number of phenolic OH excluding ortho intramolecular Hbond substituents is 1. The van der Waals surface area contributed by atoms with E-state index in [1.807, 2.05) is 64.1 Å². The summed E-state index contributed by atoms with van der Waals surface area (Å²) < 4.78 is 5.49. The van der Waals surface area contributed by atoms with Gasteiger partial charge in [0, 0.05) is 18.7 Å². The van der Waals surface area contributed by atoms with Crippen molar-refractivity contribution >= 4 is 23.6 Å². The number of hydrogen-bond acceptors (Lipinski definition) is 5. The van der Waals surface area contributed by atoms with Gasteiger partial charge in [-0.05, 0) is 94.0 Å². The lowest BCUT2D eigenvalue weighted by molar-refractivity contribution is -0.140. The van der Waals surface area contributed by atoms with Crippen LogP contribution >= 0.6 is 0 Å². The summed E-state index contributed by atoms with van der Waals surface area (Å²) in [7, 11) is 0. The third-order valence-corrected chi connectivity index (χ3v) is 7.08. The van der Waals surface area contributed by atoms with E-state index >= 15 is 0 Å². The van der Waals surface area contributed by atoms with Crippen LogP contribution in [0.2, 0.25) is 0 Å². The number of phenols is 1. The van der Waals surface area contributed by atoms with Gasteiger partial charge in [-0.25, -0.2) is 4.79 Å². The molecule has 0 fully saturated rings. The number of rotatable bonds is 10. The molecule has 0 saturated heterocycles. The summed E-state index contributed by atoms with van der Waals surface area (Å²) in [6.07, 6.45) is 0.909. The summed E-state index contributed by atoms with van der Waals surface area (Å²) >= 11 is 0. The van der Waals surface area contributed by atoms with Gasteiger partial charge in [-0.3, -0.25) is 9.59 Å². The second kappa shape index (κ2) is 14.1. The van der Waals surface area contributed by atoms with Gasteiger partial charge >= 0.3 is 6.09 Å². The van der Waals surface area contributed by atoms with E-state index in [2.05, 4.69) is 17.2 Å². The second-order valence-electron chi connectivity index (χ2n) is 11.8. The number of hydrogen-bond donors (Lipinski definition) is 3. The van der Waals surface area contributed by atoms with Crippen LogP contribution in [0.3, 0.4) is 0 Å². The fourth-order valence-electron chi connectivity index (χ4n) is 5.07. The first-order valence-corrected chi connectivity index (χ1v) is 14.3. The molecular weight excluding hydrogens is 542 g/mol. The maximum Gasteiger partial charge on any atom is 0.408 e. The number of aromatic hydroxyl groups is 1. The molecule has 228 valence electrons. The van der Waals surface area contributed by atoms with Crippen LogP contribution in [-0.2, 0) is 20.7 Å². The van der Waals surface area contributed by atoms with Gasteiger partial charge < -0.3 is 25.4 Å². The molecule has 8 nitrogen and oxygen atoms in total. The van der Waals surface area contributed by atoms with Crippen molar-refractivity contribution in [2.45, 2.75) is 72.6 Å². The number of carbonyl (C=O) groups is 3. The Hall–Kier alpha value is -4.59. The van der Waals surface area contributed by atoms with Crippen LogP contribution in [0.15, 0.2) is 73.3 Å². The van der Waals surface area contributed by atoms with Gasteiger partial charge in [0.1, 0.15) is 23.4 Å². The summed E-state index contributed by atoms with van der Waals surface area (Å²) in [5, 5.41) is 15.6. The van der Waals surface area contributed by atoms with Crippen LogP contribution in [0.1, 0.15) is 60.2 Å². The largest absolute Gasteiger partial charge is 0.508 e. The van der Waals surface area contributed by atoms with Crippen molar-refractivity contribution in [2.24, 2.45) is 0 Å². The number of ether oxygens (including phenoxy) is 1. The molecule has 0 aliphatic rings. The van der Waals surface area contributed by atoms with Crippen molar-refractivity contribution < 1.29 is 24.2 Å². The number of alkyl carbamates (subject to hydrolysis) is 1. The number of nitrogens with one attached hydrogen (secondary N) is 2. The summed E-state index contributed by atoms with van der Waals surface area (Å²) in [6.45, 7) is 16.8. The number of nitrogens with zero attached hydrogens (tertiary/aromatic N) is 1. The van der Waals surface area contributed by atoms with Gasteiger partial charge in [-0.1, -0.05) is 54.6 Å². The molecule has 3 aromatic rings. The first-order chi connectivity index (χ1) is 20.2. The monoisotopic (exact) mass is 585 g/mol. The smallest absolute Gasteiger partial charge is 0.408 e. The maximum atomic E-state index is 14.5. The zero-order chi connectivity index (χ0) is 31.9. The molecule has 0 aliphatic heterocycles. The van der Waals surface area contributed by atoms with Gasteiger partial charge in [0.05, 0.1) is 0 Å². The van der Waals surface area contributed by atoms with Crippen molar-refractivity contribution in [2.75, 3.05) is 11.9 Å². The summed E-state index contributed by atoms with van der Waals surface area (Å²) in [5.74, 6) is -0.785. The molecule has 0 bridgehead atoms. The molecule has 0 heterocycles. The first-order valence-electron chi connectivity index (χ1n) is 14.3.